The molecule has 1 aromatic carbocycles. The molecule has 0 N–H and O–H groups in total. The third-order valence-electron chi connectivity index (χ3n) is 6.64. The number of halogens is 1. The Morgan fingerprint density at radius 2 is 1.91 bits per heavy atom. The van der Waals surface area contributed by atoms with Crippen LogP contribution in [0.4, 0.5) is 10.2 Å². The number of carbonyl (C=O) groups is 1. The van der Waals surface area contributed by atoms with E-state index >= 15 is 0 Å². The van der Waals surface area contributed by atoms with Crippen LogP contribution in [0.2, 0.25) is 0 Å². The summed E-state index contributed by atoms with van der Waals surface area (Å²) in [6, 6.07) is 6.22. The molecular weight excluding hydrogens is 423 g/mol. The normalized spacial score (nSPS) is 19.0. The number of thiophene rings is 1. The number of aryl methyl sites for hydroxylation is 1. The highest BCUT2D eigenvalue weighted by Crippen LogP contribution is 2.41. The number of fused-ring (bicyclic) bond motifs is 3. The predicted octanol–water partition coefficient (Wildman–Crippen LogP) is 5.04. The summed E-state index contributed by atoms with van der Waals surface area (Å²) in [5, 5.41) is 1.22. The number of hydrogen-bond donors (Lipinski definition) is 0. The topological polar surface area (TPSA) is 49.3 Å². The van der Waals surface area contributed by atoms with Crippen LogP contribution in [0.25, 0.3) is 10.2 Å². The average Bonchev–Trinajstić information content (AvgIpc) is 3.15. The molecule has 0 saturated carbocycles. The van der Waals surface area contributed by atoms with Gasteiger partial charge in [-0.1, -0.05) is 32.9 Å². The number of carbonyl (C=O) groups excluding carboxylic acids is 1. The molecule has 1 atom stereocenters. The molecule has 2 aliphatic rings. The number of piperazine rings is 1. The molecule has 1 amide bonds. The lowest BCUT2D eigenvalue weighted by molar-refractivity contribution is 0.0742. The molecule has 168 valence electrons. The van der Waals surface area contributed by atoms with E-state index < -0.39 is 5.82 Å². The van der Waals surface area contributed by atoms with E-state index in [1.54, 1.807) is 23.1 Å². The minimum Gasteiger partial charge on any atom is -0.352 e. The molecule has 7 heteroatoms. The second-order valence-corrected chi connectivity index (χ2v) is 10.4. The van der Waals surface area contributed by atoms with Gasteiger partial charge in [0.25, 0.3) is 5.91 Å². The highest BCUT2D eigenvalue weighted by atomic mass is 32.1. The quantitative estimate of drug-likeness (QED) is 0.559. The van der Waals surface area contributed by atoms with Crippen LogP contribution in [0.15, 0.2) is 24.3 Å². The highest BCUT2D eigenvalue weighted by molar-refractivity contribution is 7.19. The van der Waals surface area contributed by atoms with Gasteiger partial charge in [-0.15, -0.1) is 11.3 Å². The van der Waals surface area contributed by atoms with Crippen molar-refractivity contribution in [2.24, 2.45) is 5.92 Å². The summed E-state index contributed by atoms with van der Waals surface area (Å²) in [6.45, 7) is 9.07. The first-order valence-corrected chi connectivity index (χ1v) is 12.3. The summed E-state index contributed by atoms with van der Waals surface area (Å²) in [5.74, 6) is 2.16. The van der Waals surface area contributed by atoms with Crippen molar-refractivity contribution in [3.63, 3.8) is 0 Å². The second-order valence-electron chi connectivity index (χ2n) is 9.35. The van der Waals surface area contributed by atoms with E-state index in [4.69, 9.17) is 9.97 Å². The van der Waals surface area contributed by atoms with Crippen molar-refractivity contribution in [1.29, 1.82) is 0 Å². The van der Waals surface area contributed by atoms with E-state index in [0.717, 1.165) is 29.3 Å². The van der Waals surface area contributed by atoms with Crippen LogP contribution in [0.1, 0.15) is 59.7 Å². The number of benzene rings is 1. The Labute approximate surface area is 192 Å². The van der Waals surface area contributed by atoms with Gasteiger partial charge in [-0.25, -0.2) is 14.4 Å². The van der Waals surface area contributed by atoms with Crippen molar-refractivity contribution in [1.82, 2.24) is 14.9 Å². The fourth-order valence-corrected chi connectivity index (χ4v) is 6.14. The summed E-state index contributed by atoms with van der Waals surface area (Å²) < 4.78 is 14.1. The molecular formula is C25H29FN4OS. The highest BCUT2D eigenvalue weighted by Gasteiger charge is 2.29. The molecule has 5 rings (SSSR count). The minimum atomic E-state index is -0.460. The van der Waals surface area contributed by atoms with Gasteiger partial charge >= 0.3 is 0 Å². The molecule has 0 unspecified atom stereocenters. The molecule has 5 nitrogen and oxygen atoms in total. The maximum atomic E-state index is 14.1. The first-order chi connectivity index (χ1) is 15.4. The van der Waals surface area contributed by atoms with Gasteiger partial charge in [0.1, 0.15) is 22.3 Å². The lowest BCUT2D eigenvalue weighted by atomic mass is 9.89. The molecule has 1 saturated heterocycles. The SMILES string of the molecule is CC(C)c1nc(N2CCN(C(=O)c3ccccc3F)CC2)c2c3c(sc2n1)C[C@@H](C)CC3. The number of nitrogens with zero attached hydrogens (tertiary/aromatic N) is 4. The van der Waals surface area contributed by atoms with Crippen LogP contribution in [-0.4, -0.2) is 47.0 Å². The zero-order valence-corrected chi connectivity index (χ0v) is 19.7. The van der Waals surface area contributed by atoms with E-state index in [-0.39, 0.29) is 17.4 Å². The van der Waals surface area contributed by atoms with Gasteiger partial charge in [0.2, 0.25) is 0 Å². The molecule has 0 radical (unpaired) electrons. The Kier molecular flexibility index (Phi) is 5.61. The zero-order valence-electron chi connectivity index (χ0n) is 18.9. The van der Waals surface area contributed by atoms with Crippen LogP contribution in [-0.2, 0) is 12.8 Å². The Balaban J connectivity index is 1.45. The Morgan fingerprint density at radius 3 is 2.62 bits per heavy atom. The van der Waals surface area contributed by atoms with Gasteiger partial charge in [0.15, 0.2) is 0 Å². The van der Waals surface area contributed by atoms with Gasteiger partial charge in [0.05, 0.1) is 10.9 Å². The summed E-state index contributed by atoms with van der Waals surface area (Å²) in [7, 11) is 0. The zero-order chi connectivity index (χ0) is 22.4. The molecule has 3 aromatic rings. The van der Waals surface area contributed by atoms with E-state index in [2.05, 4.69) is 25.7 Å². The van der Waals surface area contributed by atoms with E-state index in [1.807, 2.05) is 11.3 Å². The maximum Gasteiger partial charge on any atom is 0.256 e. The van der Waals surface area contributed by atoms with E-state index in [1.165, 1.54) is 28.3 Å². The maximum absolute atomic E-state index is 14.1. The number of amides is 1. The van der Waals surface area contributed by atoms with Crippen molar-refractivity contribution in [3.8, 4) is 0 Å². The van der Waals surface area contributed by atoms with Gasteiger partial charge < -0.3 is 9.80 Å². The summed E-state index contributed by atoms with van der Waals surface area (Å²) in [5.41, 5.74) is 1.58. The van der Waals surface area contributed by atoms with Gasteiger partial charge in [-0.05, 0) is 42.9 Å². The number of anilines is 1. The molecule has 0 bridgehead atoms. The standard InChI is InChI=1S/C25H29FN4OS/c1-15(2)22-27-23(21-18-9-8-16(3)14-20(18)32-24(21)28-22)29-10-12-30(13-11-29)25(31)17-6-4-5-7-19(17)26/h4-7,15-16H,8-14H2,1-3H3/t16-/m0/s1. The molecule has 2 aromatic heterocycles. The molecule has 0 spiro atoms. The van der Waals surface area contributed by atoms with Gasteiger partial charge in [-0.2, -0.15) is 0 Å². The Bertz CT molecular complexity index is 1170. The first kappa shape index (κ1) is 21.3. The average molecular weight is 453 g/mol. The monoisotopic (exact) mass is 452 g/mol. The number of rotatable bonds is 3. The fourth-order valence-electron chi connectivity index (χ4n) is 4.75. The molecule has 32 heavy (non-hydrogen) atoms. The molecule has 1 aliphatic heterocycles. The number of aromatic nitrogens is 2. The van der Waals surface area contributed by atoms with E-state index in [9.17, 15) is 9.18 Å². The van der Waals surface area contributed by atoms with Gasteiger partial charge in [0, 0.05) is 37.0 Å². The Hall–Kier alpha value is -2.54. The van der Waals surface area contributed by atoms with Crippen molar-refractivity contribution in [2.75, 3.05) is 31.1 Å². The van der Waals surface area contributed by atoms with Crippen molar-refractivity contribution in [3.05, 3.63) is 51.9 Å². The minimum absolute atomic E-state index is 0.147. The molecule has 1 fully saturated rings. The van der Waals surface area contributed by atoms with Crippen molar-refractivity contribution < 1.29 is 9.18 Å². The smallest absolute Gasteiger partial charge is 0.256 e. The van der Waals surface area contributed by atoms with Gasteiger partial charge in [-0.3, -0.25) is 4.79 Å². The first-order valence-electron chi connectivity index (χ1n) is 11.5. The third kappa shape index (κ3) is 3.76. The number of hydrogen-bond acceptors (Lipinski definition) is 5. The van der Waals surface area contributed by atoms with Crippen LogP contribution in [0.5, 0.6) is 0 Å². The lowest BCUT2D eigenvalue weighted by Gasteiger charge is -2.36. The van der Waals surface area contributed by atoms with Crippen LogP contribution in [0, 0.1) is 11.7 Å². The van der Waals surface area contributed by atoms with Crippen LogP contribution < -0.4 is 4.90 Å². The Morgan fingerprint density at radius 1 is 1.16 bits per heavy atom. The molecule has 3 heterocycles. The fraction of sp³-hybridized carbons (Fsp3) is 0.480. The predicted molar refractivity (Wildman–Crippen MR) is 127 cm³/mol. The lowest BCUT2D eigenvalue weighted by Crippen LogP contribution is -2.49. The summed E-state index contributed by atoms with van der Waals surface area (Å²) >= 11 is 1.83. The summed E-state index contributed by atoms with van der Waals surface area (Å²) in [4.78, 5) is 29.4. The van der Waals surface area contributed by atoms with E-state index in [0.29, 0.717) is 32.1 Å². The van der Waals surface area contributed by atoms with Crippen molar-refractivity contribution in [2.45, 2.75) is 46.0 Å². The largest absolute Gasteiger partial charge is 0.352 e. The second kappa shape index (κ2) is 8.43. The molecule has 1 aliphatic carbocycles. The van der Waals surface area contributed by atoms with Crippen molar-refractivity contribution >= 4 is 33.3 Å². The summed E-state index contributed by atoms with van der Waals surface area (Å²) in [6.07, 6.45) is 3.41. The third-order valence-corrected chi connectivity index (χ3v) is 7.79. The van der Waals surface area contributed by atoms with Crippen LogP contribution >= 0.6 is 11.3 Å². The van der Waals surface area contributed by atoms with Crippen LogP contribution in [0.3, 0.4) is 0 Å².